The lowest BCUT2D eigenvalue weighted by Gasteiger charge is -2.36. The highest BCUT2D eigenvalue weighted by molar-refractivity contribution is 9.10. The second-order valence-corrected chi connectivity index (χ2v) is 5.97. The second kappa shape index (κ2) is 5.53. The molecule has 1 aliphatic rings. The average Bonchev–Trinajstić information content (AvgIpc) is 2.53. The molecule has 0 fully saturated rings. The number of halogens is 1. The van der Waals surface area contributed by atoms with E-state index in [1.165, 1.54) is 7.11 Å². The molecule has 0 bridgehead atoms. The molecule has 0 radical (unpaired) electrons. The van der Waals surface area contributed by atoms with Crippen LogP contribution in [-0.2, 0) is 0 Å². The third-order valence-electron chi connectivity index (χ3n) is 3.74. The summed E-state index contributed by atoms with van der Waals surface area (Å²) in [4.78, 5) is 14.1. The molecule has 2 N–H and O–H groups in total. The van der Waals surface area contributed by atoms with Crippen molar-refractivity contribution in [2.24, 2.45) is 0 Å². The van der Waals surface area contributed by atoms with Crippen LogP contribution >= 0.6 is 15.9 Å². The van der Waals surface area contributed by atoms with E-state index in [0.717, 1.165) is 10.2 Å². The minimum absolute atomic E-state index is 0.0160. The number of carbonyl (C=O) groups is 1. The van der Waals surface area contributed by atoms with E-state index in [2.05, 4.69) is 21.2 Å². The fourth-order valence-electron chi connectivity index (χ4n) is 2.59. The molecule has 3 rings (SSSR count). The Labute approximate surface area is 136 Å². The van der Waals surface area contributed by atoms with E-state index in [1.807, 2.05) is 18.2 Å². The molecule has 1 heterocycles. The molecule has 22 heavy (non-hydrogen) atoms. The van der Waals surface area contributed by atoms with Gasteiger partial charge < -0.3 is 20.1 Å². The zero-order valence-corrected chi connectivity index (χ0v) is 13.7. The first kappa shape index (κ1) is 14.7. The SMILES string of the molecule is COc1cc(Br)cc(C2Nc3ccccc3C(=O)N2C)c1O. The number of aromatic hydroxyl groups is 1. The number of hydrogen-bond acceptors (Lipinski definition) is 4. The first-order chi connectivity index (χ1) is 10.5. The zero-order valence-electron chi connectivity index (χ0n) is 12.1. The van der Waals surface area contributed by atoms with Gasteiger partial charge in [0.25, 0.3) is 5.91 Å². The normalized spacial score (nSPS) is 17.0. The van der Waals surface area contributed by atoms with Gasteiger partial charge in [-0.1, -0.05) is 28.1 Å². The Kier molecular flexibility index (Phi) is 3.70. The van der Waals surface area contributed by atoms with Crippen molar-refractivity contribution in [3.8, 4) is 11.5 Å². The summed E-state index contributed by atoms with van der Waals surface area (Å²) < 4.78 is 5.94. The van der Waals surface area contributed by atoms with E-state index in [9.17, 15) is 9.90 Å². The lowest BCUT2D eigenvalue weighted by molar-refractivity contribution is 0.0734. The molecule has 2 aromatic rings. The molecule has 114 valence electrons. The number of phenols is 1. The van der Waals surface area contributed by atoms with E-state index >= 15 is 0 Å². The van der Waals surface area contributed by atoms with E-state index < -0.39 is 6.17 Å². The van der Waals surface area contributed by atoms with Crippen molar-refractivity contribution in [2.75, 3.05) is 19.5 Å². The highest BCUT2D eigenvalue weighted by atomic mass is 79.9. The van der Waals surface area contributed by atoms with Crippen molar-refractivity contribution >= 4 is 27.5 Å². The molecule has 0 aromatic heterocycles. The summed E-state index contributed by atoms with van der Waals surface area (Å²) >= 11 is 3.40. The Morgan fingerprint density at radius 2 is 2.05 bits per heavy atom. The lowest BCUT2D eigenvalue weighted by Crippen LogP contribution is -2.40. The molecular formula is C16H15BrN2O3. The lowest BCUT2D eigenvalue weighted by atomic mass is 10.0. The van der Waals surface area contributed by atoms with Crippen LogP contribution in [0, 0.1) is 0 Å². The van der Waals surface area contributed by atoms with E-state index in [4.69, 9.17) is 4.74 Å². The van der Waals surface area contributed by atoms with Gasteiger partial charge in [0, 0.05) is 22.8 Å². The number of amides is 1. The van der Waals surface area contributed by atoms with E-state index in [0.29, 0.717) is 16.9 Å². The number of methoxy groups -OCH3 is 1. The quantitative estimate of drug-likeness (QED) is 0.859. The number of nitrogens with zero attached hydrogens (tertiary/aromatic N) is 1. The van der Waals surface area contributed by atoms with Crippen LogP contribution in [0.1, 0.15) is 22.1 Å². The largest absolute Gasteiger partial charge is 0.504 e. The molecule has 5 nitrogen and oxygen atoms in total. The van der Waals surface area contributed by atoms with Crippen molar-refractivity contribution in [2.45, 2.75) is 6.17 Å². The maximum absolute atomic E-state index is 12.5. The molecule has 1 aliphatic heterocycles. The summed E-state index contributed by atoms with van der Waals surface area (Å²) in [6, 6.07) is 10.8. The van der Waals surface area contributed by atoms with Gasteiger partial charge in [-0.05, 0) is 24.3 Å². The Morgan fingerprint density at radius 3 is 2.77 bits per heavy atom. The summed E-state index contributed by atoms with van der Waals surface area (Å²) in [5.74, 6) is 0.269. The van der Waals surface area contributed by atoms with Gasteiger partial charge in [-0.15, -0.1) is 0 Å². The van der Waals surface area contributed by atoms with Gasteiger partial charge in [-0.2, -0.15) is 0 Å². The first-order valence-corrected chi connectivity index (χ1v) is 7.51. The number of para-hydroxylation sites is 1. The highest BCUT2D eigenvalue weighted by Gasteiger charge is 2.32. The minimum atomic E-state index is -0.478. The van der Waals surface area contributed by atoms with Crippen molar-refractivity contribution in [3.63, 3.8) is 0 Å². The number of rotatable bonds is 2. The topological polar surface area (TPSA) is 61.8 Å². The summed E-state index contributed by atoms with van der Waals surface area (Å²) in [6.45, 7) is 0. The Bertz CT molecular complexity index is 748. The monoisotopic (exact) mass is 362 g/mol. The number of ether oxygens (including phenoxy) is 1. The molecule has 0 aliphatic carbocycles. The van der Waals surface area contributed by atoms with Crippen LogP contribution in [0.25, 0.3) is 0 Å². The third kappa shape index (κ3) is 2.29. The number of anilines is 1. The number of fused-ring (bicyclic) bond motifs is 1. The standard InChI is InChI=1S/C16H15BrN2O3/c1-19-15(11-7-9(17)8-13(22-2)14(11)20)18-12-6-4-3-5-10(12)16(19)21/h3-8,15,18,20H,1-2H3. The maximum atomic E-state index is 12.5. The molecular weight excluding hydrogens is 348 g/mol. The third-order valence-corrected chi connectivity index (χ3v) is 4.20. The van der Waals surface area contributed by atoms with Crippen LogP contribution < -0.4 is 10.1 Å². The van der Waals surface area contributed by atoms with Crippen LogP contribution in [0.3, 0.4) is 0 Å². The fourth-order valence-corrected chi connectivity index (χ4v) is 3.05. The molecule has 0 saturated heterocycles. The van der Waals surface area contributed by atoms with Gasteiger partial charge in [-0.3, -0.25) is 4.79 Å². The van der Waals surface area contributed by atoms with Gasteiger partial charge in [0.1, 0.15) is 6.17 Å². The molecule has 1 unspecified atom stereocenters. The van der Waals surface area contributed by atoms with Crippen molar-refractivity contribution in [1.29, 1.82) is 0 Å². The summed E-state index contributed by atoms with van der Waals surface area (Å²) in [5.41, 5.74) is 1.92. The van der Waals surface area contributed by atoms with Crippen LogP contribution in [-0.4, -0.2) is 30.1 Å². The van der Waals surface area contributed by atoms with Crippen molar-refractivity contribution in [3.05, 3.63) is 52.0 Å². The predicted molar refractivity (Wildman–Crippen MR) is 87.3 cm³/mol. The molecule has 1 atom stereocenters. The van der Waals surface area contributed by atoms with Gasteiger partial charge in [0.15, 0.2) is 11.5 Å². The maximum Gasteiger partial charge on any atom is 0.257 e. The summed E-state index contributed by atoms with van der Waals surface area (Å²) in [5, 5.41) is 13.7. The Morgan fingerprint density at radius 1 is 1.32 bits per heavy atom. The molecule has 1 amide bonds. The highest BCUT2D eigenvalue weighted by Crippen LogP contribution is 2.41. The first-order valence-electron chi connectivity index (χ1n) is 6.72. The number of carbonyl (C=O) groups excluding carboxylic acids is 1. The Balaban J connectivity index is 2.10. The second-order valence-electron chi connectivity index (χ2n) is 5.05. The molecule has 0 saturated carbocycles. The molecule has 2 aromatic carbocycles. The van der Waals surface area contributed by atoms with Crippen molar-refractivity contribution in [1.82, 2.24) is 4.90 Å². The number of benzene rings is 2. The average molecular weight is 363 g/mol. The van der Waals surface area contributed by atoms with E-state index in [1.54, 1.807) is 30.1 Å². The van der Waals surface area contributed by atoms with Gasteiger partial charge in [0.2, 0.25) is 0 Å². The number of hydrogen-bond donors (Lipinski definition) is 2. The minimum Gasteiger partial charge on any atom is -0.504 e. The summed E-state index contributed by atoms with van der Waals surface area (Å²) in [6.07, 6.45) is -0.478. The predicted octanol–water partition coefficient (Wildman–Crippen LogP) is 3.36. The smallest absolute Gasteiger partial charge is 0.257 e. The van der Waals surface area contributed by atoms with Crippen molar-refractivity contribution < 1.29 is 14.6 Å². The van der Waals surface area contributed by atoms with Crippen LogP contribution in [0.15, 0.2) is 40.9 Å². The van der Waals surface area contributed by atoms with Gasteiger partial charge >= 0.3 is 0 Å². The van der Waals surface area contributed by atoms with Gasteiger partial charge in [0.05, 0.1) is 12.7 Å². The van der Waals surface area contributed by atoms with Crippen LogP contribution in [0.5, 0.6) is 11.5 Å². The Hall–Kier alpha value is -2.21. The van der Waals surface area contributed by atoms with E-state index in [-0.39, 0.29) is 11.7 Å². The molecule has 0 spiro atoms. The molecule has 6 heteroatoms. The van der Waals surface area contributed by atoms with Gasteiger partial charge in [-0.25, -0.2) is 0 Å². The fraction of sp³-hybridized carbons (Fsp3) is 0.188. The number of phenolic OH excluding ortho intramolecular Hbond substituents is 1. The van der Waals surface area contributed by atoms with Crippen LogP contribution in [0.4, 0.5) is 5.69 Å². The zero-order chi connectivity index (χ0) is 15.9. The van der Waals surface area contributed by atoms with Crippen LogP contribution in [0.2, 0.25) is 0 Å². The summed E-state index contributed by atoms with van der Waals surface area (Å²) in [7, 11) is 3.19. The number of nitrogens with one attached hydrogen (secondary N) is 1.